The van der Waals surface area contributed by atoms with Gasteiger partial charge in [0.15, 0.2) is 0 Å². The molecule has 94 valence electrons. The van der Waals surface area contributed by atoms with E-state index in [4.69, 9.17) is 0 Å². The molecule has 0 atom stereocenters. The van der Waals surface area contributed by atoms with Crippen molar-refractivity contribution in [2.24, 2.45) is 0 Å². The quantitative estimate of drug-likeness (QED) is 0.684. The van der Waals surface area contributed by atoms with Gasteiger partial charge in [-0.05, 0) is 23.5 Å². The molecule has 0 aliphatic heterocycles. The van der Waals surface area contributed by atoms with Crippen LogP contribution in [0, 0.1) is 0 Å². The summed E-state index contributed by atoms with van der Waals surface area (Å²) in [6.45, 7) is 6.43. The van der Waals surface area contributed by atoms with Crippen molar-refractivity contribution >= 4 is 15.3 Å². The average molecular weight is 246 g/mol. The lowest BCUT2D eigenvalue weighted by molar-refractivity contribution is 0.0972. The summed E-state index contributed by atoms with van der Waals surface area (Å²) >= 11 is 0. The normalized spacial score (nSPS) is 14.1. The second kappa shape index (κ2) is 4.45. The van der Waals surface area contributed by atoms with Gasteiger partial charge in [0.1, 0.15) is 6.33 Å². The van der Waals surface area contributed by atoms with Gasteiger partial charge >= 0.3 is 0 Å². The van der Waals surface area contributed by atoms with Gasteiger partial charge in [0.2, 0.25) is 5.82 Å². The van der Waals surface area contributed by atoms with Crippen LogP contribution in [0.15, 0.2) is 6.33 Å². The third-order valence-corrected chi connectivity index (χ3v) is 10.3. The first-order valence-corrected chi connectivity index (χ1v) is 8.90. The Morgan fingerprint density at radius 1 is 1.38 bits per heavy atom. The largest absolute Gasteiger partial charge is 0.328 e. The van der Waals surface area contributed by atoms with Crippen molar-refractivity contribution in [1.29, 1.82) is 0 Å². The van der Waals surface area contributed by atoms with Gasteiger partial charge in [-0.15, -0.1) is 5.10 Å². The summed E-state index contributed by atoms with van der Waals surface area (Å²) in [6, 6.07) is 0. The number of hydrogen-bond donors (Lipinski definition) is 3. The molecule has 1 heterocycles. The number of nitrogens with zero attached hydrogens (tertiary/aromatic N) is 2. The fourth-order valence-electron chi connectivity index (χ4n) is 1.59. The molecule has 0 saturated carbocycles. The Balaban J connectivity index is 2.90. The SMILES string of the molecule is CC[SH](C)(CC)(CC)NC(=O)c1nc[nH]n1. The Morgan fingerprint density at radius 3 is 2.31 bits per heavy atom. The molecule has 1 aromatic rings. The van der Waals surface area contributed by atoms with E-state index >= 15 is 0 Å². The molecule has 6 heteroatoms. The molecule has 0 spiro atoms. The van der Waals surface area contributed by atoms with E-state index in [0.29, 0.717) is 0 Å². The van der Waals surface area contributed by atoms with Crippen molar-refractivity contribution < 1.29 is 4.79 Å². The molecule has 0 unspecified atom stereocenters. The molecule has 0 saturated heterocycles. The Hall–Kier alpha value is -1.04. The summed E-state index contributed by atoms with van der Waals surface area (Å²) in [5.74, 6) is 3.09. The van der Waals surface area contributed by atoms with Crippen molar-refractivity contribution in [3.05, 3.63) is 12.2 Å². The minimum absolute atomic E-state index is 0.160. The van der Waals surface area contributed by atoms with E-state index in [0.717, 1.165) is 17.3 Å². The molecule has 0 aliphatic carbocycles. The number of aromatic amines is 1. The number of carbonyl (C=O) groups is 1. The van der Waals surface area contributed by atoms with Gasteiger partial charge < -0.3 is 4.72 Å². The highest BCUT2D eigenvalue weighted by Crippen LogP contribution is 2.61. The molecule has 0 bridgehead atoms. The predicted molar refractivity (Wildman–Crippen MR) is 70.4 cm³/mol. The second-order valence-electron chi connectivity index (χ2n) is 4.53. The van der Waals surface area contributed by atoms with Crippen molar-refractivity contribution in [2.75, 3.05) is 23.5 Å². The summed E-state index contributed by atoms with van der Waals surface area (Å²) < 4.78 is 3.20. The van der Waals surface area contributed by atoms with Gasteiger partial charge in [0, 0.05) is 0 Å². The molecule has 1 rings (SSSR count). The zero-order valence-electron chi connectivity index (χ0n) is 10.4. The maximum absolute atomic E-state index is 12.0. The highest BCUT2D eigenvalue weighted by Gasteiger charge is 2.33. The summed E-state index contributed by atoms with van der Waals surface area (Å²) in [5, 5.41) is 6.36. The molecule has 2 N–H and O–H groups in total. The molecular formula is C10H22N4OS. The lowest BCUT2D eigenvalue weighted by Crippen LogP contribution is -2.43. The van der Waals surface area contributed by atoms with E-state index < -0.39 is 9.35 Å². The third-order valence-electron chi connectivity index (χ3n) is 3.83. The van der Waals surface area contributed by atoms with E-state index in [1.54, 1.807) is 0 Å². The van der Waals surface area contributed by atoms with Crippen LogP contribution in [0.5, 0.6) is 0 Å². The van der Waals surface area contributed by atoms with E-state index in [1.165, 1.54) is 6.33 Å². The Bertz CT molecular complexity index is 348. The third kappa shape index (κ3) is 2.37. The molecule has 0 aliphatic rings. The maximum Gasteiger partial charge on any atom is 0.298 e. The van der Waals surface area contributed by atoms with E-state index in [-0.39, 0.29) is 11.7 Å². The number of amides is 1. The Labute approximate surface area is 96.8 Å². The number of carbonyl (C=O) groups excluding carboxylic acids is 1. The number of nitrogens with one attached hydrogen (secondary N) is 2. The number of rotatable bonds is 5. The first-order valence-electron chi connectivity index (χ1n) is 5.66. The molecule has 5 nitrogen and oxygen atoms in total. The van der Waals surface area contributed by atoms with Crippen molar-refractivity contribution in [2.45, 2.75) is 20.8 Å². The van der Waals surface area contributed by atoms with Crippen molar-refractivity contribution in [3.63, 3.8) is 0 Å². The summed E-state index contributed by atoms with van der Waals surface area (Å²) in [6.07, 6.45) is 3.64. The minimum Gasteiger partial charge on any atom is -0.328 e. The van der Waals surface area contributed by atoms with Crippen LogP contribution in [0.3, 0.4) is 0 Å². The highest BCUT2D eigenvalue weighted by atomic mass is 32.3. The van der Waals surface area contributed by atoms with Gasteiger partial charge in [0.05, 0.1) is 0 Å². The number of H-pyrrole nitrogens is 1. The van der Waals surface area contributed by atoms with Gasteiger partial charge in [-0.2, -0.15) is 0 Å². The van der Waals surface area contributed by atoms with Crippen LogP contribution in [-0.4, -0.2) is 44.6 Å². The van der Waals surface area contributed by atoms with Crippen LogP contribution in [0.1, 0.15) is 31.4 Å². The average Bonchev–Trinajstić information content (AvgIpc) is 2.83. The highest BCUT2D eigenvalue weighted by molar-refractivity contribution is 8.47. The second-order valence-corrected chi connectivity index (χ2v) is 11.3. The van der Waals surface area contributed by atoms with Gasteiger partial charge in [0.25, 0.3) is 5.91 Å². The monoisotopic (exact) mass is 246 g/mol. The van der Waals surface area contributed by atoms with Crippen LogP contribution in [0.25, 0.3) is 0 Å². The van der Waals surface area contributed by atoms with Crippen LogP contribution in [-0.2, 0) is 0 Å². The zero-order chi connectivity index (χ0) is 12.3. The lowest BCUT2D eigenvalue weighted by atomic mass is 10.6. The van der Waals surface area contributed by atoms with Crippen LogP contribution in [0.4, 0.5) is 0 Å². The number of aromatic nitrogens is 3. The van der Waals surface area contributed by atoms with Crippen LogP contribution in [0.2, 0.25) is 0 Å². The van der Waals surface area contributed by atoms with Crippen LogP contribution >= 0.6 is 9.35 Å². The van der Waals surface area contributed by atoms with Crippen molar-refractivity contribution in [1.82, 2.24) is 19.9 Å². The summed E-state index contributed by atoms with van der Waals surface area (Å²) in [7, 11) is -2.10. The van der Waals surface area contributed by atoms with Gasteiger partial charge in [-0.25, -0.2) is 14.3 Å². The summed E-state index contributed by atoms with van der Waals surface area (Å²) in [5.41, 5.74) is 0. The standard InChI is InChI=1S/C10H22N4OS/c1-5-16(4,6-2,7-3)14-10(15)9-11-8-12-13-9/h8,16H,5-7H2,1-4H3,(H,14,15)(H,11,12,13). The first kappa shape index (κ1) is 13.0. The lowest BCUT2D eigenvalue weighted by Gasteiger charge is -2.57. The predicted octanol–water partition coefficient (Wildman–Crippen LogP) is 1.21. The molecule has 16 heavy (non-hydrogen) atoms. The fraction of sp³-hybridized carbons (Fsp3) is 0.700. The fourth-order valence-corrected chi connectivity index (χ4v) is 4.14. The molecule has 1 amide bonds. The maximum atomic E-state index is 12.0. The first-order chi connectivity index (χ1) is 7.47. The molecule has 0 fully saturated rings. The van der Waals surface area contributed by atoms with Crippen molar-refractivity contribution in [3.8, 4) is 0 Å². The minimum atomic E-state index is -2.10. The van der Waals surface area contributed by atoms with E-state index in [9.17, 15) is 4.79 Å². The zero-order valence-corrected chi connectivity index (χ0v) is 11.3. The topological polar surface area (TPSA) is 70.7 Å². The summed E-state index contributed by atoms with van der Waals surface area (Å²) in [4.78, 5) is 15.9. The Kier molecular flexibility index (Phi) is 3.62. The van der Waals surface area contributed by atoms with Gasteiger partial charge in [-0.1, -0.05) is 20.8 Å². The number of thiol groups is 1. The van der Waals surface area contributed by atoms with Gasteiger partial charge in [-0.3, -0.25) is 9.89 Å². The van der Waals surface area contributed by atoms with E-state index in [2.05, 4.69) is 46.9 Å². The molecule has 1 aromatic heterocycles. The van der Waals surface area contributed by atoms with E-state index in [1.807, 2.05) is 0 Å². The smallest absolute Gasteiger partial charge is 0.298 e. The van der Waals surface area contributed by atoms with Crippen LogP contribution < -0.4 is 4.72 Å². The molecule has 0 aromatic carbocycles. The number of hydrogen-bond acceptors (Lipinski definition) is 3. The Morgan fingerprint density at radius 2 is 1.94 bits per heavy atom. The molecular weight excluding hydrogens is 224 g/mol. The molecule has 0 radical (unpaired) electrons.